The lowest BCUT2D eigenvalue weighted by Gasteiger charge is -2.46. The number of piperidine rings is 3. The molecule has 4 fully saturated rings. The van der Waals surface area contributed by atoms with Crippen LogP contribution >= 0.6 is 0 Å². The number of hydrogen-bond donors (Lipinski definition) is 1. The molecule has 1 saturated carbocycles. The molecule has 4 aliphatic rings. The van der Waals surface area contributed by atoms with E-state index in [1.165, 1.54) is 38.8 Å². The van der Waals surface area contributed by atoms with Crippen LogP contribution in [0.5, 0.6) is 0 Å². The average Bonchev–Trinajstić information content (AvgIpc) is 3.17. The molecule has 2 atom stereocenters. The first kappa shape index (κ1) is 15.6. The van der Waals surface area contributed by atoms with Crippen LogP contribution in [0.3, 0.4) is 0 Å². The third-order valence-corrected chi connectivity index (χ3v) is 6.42. The van der Waals surface area contributed by atoms with Crippen molar-refractivity contribution in [3.8, 4) is 0 Å². The van der Waals surface area contributed by atoms with Crippen molar-refractivity contribution in [3.05, 3.63) is 35.9 Å². The monoisotopic (exact) mass is 315 g/mol. The smallest absolute Gasteiger partial charge is 0.116 e. The summed E-state index contributed by atoms with van der Waals surface area (Å²) in [5, 5.41) is 11.5. The molecule has 0 spiro atoms. The molecule has 2 unspecified atom stereocenters. The summed E-state index contributed by atoms with van der Waals surface area (Å²) >= 11 is 0. The molecule has 3 saturated heterocycles. The number of aliphatic hydroxyl groups is 1. The Morgan fingerprint density at radius 2 is 1.74 bits per heavy atom. The maximum Gasteiger partial charge on any atom is 0.116 e. The molecule has 1 N–H and O–H groups in total. The van der Waals surface area contributed by atoms with Crippen molar-refractivity contribution < 1.29 is 9.84 Å². The van der Waals surface area contributed by atoms with Crippen LogP contribution in [0.15, 0.2) is 30.3 Å². The number of benzene rings is 1. The molecular weight excluding hydrogens is 286 g/mol. The van der Waals surface area contributed by atoms with Gasteiger partial charge < -0.3 is 14.7 Å². The number of ether oxygens (including phenoxy) is 1. The van der Waals surface area contributed by atoms with E-state index in [0.29, 0.717) is 24.5 Å². The summed E-state index contributed by atoms with van der Waals surface area (Å²) in [5.41, 5.74) is 0.220. The third kappa shape index (κ3) is 3.07. The molecule has 3 nitrogen and oxygen atoms in total. The lowest BCUT2D eigenvalue weighted by molar-refractivity contribution is -0.143. The first-order valence-electron chi connectivity index (χ1n) is 9.37. The predicted molar refractivity (Wildman–Crippen MR) is 91.2 cm³/mol. The zero-order chi connectivity index (χ0) is 15.7. The van der Waals surface area contributed by atoms with Crippen molar-refractivity contribution in [2.75, 3.05) is 26.2 Å². The summed E-state index contributed by atoms with van der Waals surface area (Å²) in [4.78, 5) is 2.52. The van der Waals surface area contributed by atoms with Crippen molar-refractivity contribution in [2.45, 2.75) is 50.2 Å². The molecule has 2 bridgehead atoms. The van der Waals surface area contributed by atoms with Gasteiger partial charge in [0.05, 0.1) is 12.7 Å². The highest BCUT2D eigenvalue weighted by molar-refractivity contribution is 5.24. The molecule has 0 radical (unpaired) electrons. The Balaban J connectivity index is 1.49. The van der Waals surface area contributed by atoms with Gasteiger partial charge in [-0.1, -0.05) is 43.2 Å². The summed E-state index contributed by atoms with van der Waals surface area (Å²) in [6, 6.07) is 10.2. The fraction of sp³-hybridized carbons (Fsp3) is 0.700. The zero-order valence-corrected chi connectivity index (χ0v) is 14.0. The number of nitrogens with zero attached hydrogens (tertiary/aromatic N) is 1. The molecule has 0 amide bonds. The molecule has 126 valence electrons. The van der Waals surface area contributed by atoms with Crippen molar-refractivity contribution in [2.24, 2.45) is 11.8 Å². The van der Waals surface area contributed by atoms with E-state index in [2.05, 4.69) is 17.0 Å². The van der Waals surface area contributed by atoms with Gasteiger partial charge in [0.2, 0.25) is 0 Å². The Bertz CT molecular complexity index is 506. The third-order valence-electron chi connectivity index (χ3n) is 6.42. The van der Waals surface area contributed by atoms with Gasteiger partial charge >= 0.3 is 0 Å². The molecule has 3 heteroatoms. The normalized spacial score (nSPS) is 33.7. The van der Waals surface area contributed by atoms with Crippen LogP contribution < -0.4 is 0 Å². The highest BCUT2D eigenvalue weighted by atomic mass is 16.5. The van der Waals surface area contributed by atoms with Crippen molar-refractivity contribution in [1.29, 1.82) is 0 Å². The van der Waals surface area contributed by atoms with Gasteiger partial charge in [-0.3, -0.25) is 0 Å². The van der Waals surface area contributed by atoms with Crippen molar-refractivity contribution >= 4 is 0 Å². The largest absolute Gasteiger partial charge is 0.382 e. The summed E-state index contributed by atoms with van der Waals surface area (Å²) in [6.45, 7) is 3.98. The zero-order valence-electron chi connectivity index (χ0n) is 14.0. The molecule has 3 heterocycles. The fourth-order valence-corrected chi connectivity index (χ4v) is 4.90. The second-order valence-electron chi connectivity index (χ2n) is 7.76. The summed E-state index contributed by atoms with van der Waals surface area (Å²) in [7, 11) is 0. The van der Waals surface area contributed by atoms with Gasteiger partial charge in [-0.05, 0) is 56.2 Å². The van der Waals surface area contributed by atoms with E-state index in [1.807, 2.05) is 18.2 Å². The van der Waals surface area contributed by atoms with E-state index >= 15 is 0 Å². The molecular formula is C20H29NO2. The summed E-state index contributed by atoms with van der Waals surface area (Å²) < 4.78 is 6.36. The highest BCUT2D eigenvalue weighted by Gasteiger charge is 2.42. The number of fused-ring (bicyclic) bond motifs is 3. The van der Waals surface area contributed by atoms with Gasteiger partial charge in [0, 0.05) is 6.54 Å². The van der Waals surface area contributed by atoms with E-state index in [1.54, 1.807) is 0 Å². The van der Waals surface area contributed by atoms with Crippen LogP contribution in [-0.2, 0) is 10.3 Å². The van der Waals surface area contributed by atoms with Gasteiger partial charge in [-0.25, -0.2) is 0 Å². The summed E-state index contributed by atoms with van der Waals surface area (Å²) in [5.74, 6) is 1.04. The maximum atomic E-state index is 11.5. The van der Waals surface area contributed by atoms with E-state index in [9.17, 15) is 5.11 Å². The molecule has 1 aromatic carbocycles. The molecule has 1 aromatic rings. The lowest BCUT2D eigenvalue weighted by atomic mass is 9.80. The van der Waals surface area contributed by atoms with E-state index in [0.717, 1.165) is 24.9 Å². The Labute approximate surface area is 139 Å². The Morgan fingerprint density at radius 1 is 1.04 bits per heavy atom. The van der Waals surface area contributed by atoms with E-state index in [4.69, 9.17) is 4.74 Å². The topological polar surface area (TPSA) is 32.7 Å². The molecule has 5 rings (SSSR count). The van der Waals surface area contributed by atoms with Crippen LogP contribution in [0.2, 0.25) is 0 Å². The fourth-order valence-electron chi connectivity index (χ4n) is 4.90. The van der Waals surface area contributed by atoms with Gasteiger partial charge in [0.1, 0.15) is 5.60 Å². The molecule has 3 aliphatic heterocycles. The quantitative estimate of drug-likeness (QED) is 0.906. The van der Waals surface area contributed by atoms with E-state index in [-0.39, 0.29) is 0 Å². The molecule has 23 heavy (non-hydrogen) atoms. The maximum absolute atomic E-state index is 11.5. The number of hydrogen-bond acceptors (Lipinski definition) is 3. The molecule has 1 aliphatic carbocycles. The Kier molecular flexibility index (Phi) is 4.44. The minimum absolute atomic E-state index is 0.314. The minimum atomic E-state index is -0.816. The van der Waals surface area contributed by atoms with E-state index < -0.39 is 5.60 Å². The number of rotatable bonds is 5. The van der Waals surface area contributed by atoms with Crippen LogP contribution in [0.25, 0.3) is 0 Å². The van der Waals surface area contributed by atoms with Crippen molar-refractivity contribution in [3.63, 3.8) is 0 Å². The predicted octanol–water partition coefficient (Wildman–Crippen LogP) is 3.18. The Hall–Kier alpha value is -0.900. The van der Waals surface area contributed by atoms with Gasteiger partial charge in [-0.15, -0.1) is 0 Å². The highest BCUT2D eigenvalue weighted by Crippen LogP contribution is 2.41. The van der Waals surface area contributed by atoms with Crippen LogP contribution in [0, 0.1) is 11.8 Å². The average molecular weight is 315 g/mol. The molecule has 0 aromatic heterocycles. The van der Waals surface area contributed by atoms with Gasteiger partial charge in [0.15, 0.2) is 0 Å². The first-order valence-corrected chi connectivity index (χ1v) is 9.37. The SMILES string of the molecule is OC(COC1CN2CCC1CC2)(c1ccccc1)C1CCCC1. The second kappa shape index (κ2) is 6.54. The minimum Gasteiger partial charge on any atom is -0.382 e. The van der Waals surface area contributed by atoms with Crippen LogP contribution in [0.1, 0.15) is 44.1 Å². The van der Waals surface area contributed by atoms with Crippen LogP contribution in [-0.4, -0.2) is 42.4 Å². The standard InChI is InChI=1S/C20H29NO2/c22-20(18-8-4-5-9-18,17-6-2-1-3-7-17)15-23-19-14-21-12-10-16(19)11-13-21/h1-3,6-7,16,18-19,22H,4-5,8-15H2. The lowest BCUT2D eigenvalue weighted by Crippen LogP contribution is -2.53. The summed E-state index contributed by atoms with van der Waals surface area (Å²) in [6.07, 6.45) is 7.55. The first-order chi connectivity index (χ1) is 11.3. The van der Waals surface area contributed by atoms with Gasteiger partial charge in [-0.2, -0.15) is 0 Å². The van der Waals surface area contributed by atoms with Crippen LogP contribution in [0.4, 0.5) is 0 Å². The van der Waals surface area contributed by atoms with Gasteiger partial charge in [0.25, 0.3) is 0 Å². The Morgan fingerprint density at radius 3 is 2.35 bits per heavy atom. The second-order valence-corrected chi connectivity index (χ2v) is 7.76. The van der Waals surface area contributed by atoms with Crippen molar-refractivity contribution in [1.82, 2.24) is 4.90 Å².